The van der Waals surface area contributed by atoms with Crippen LogP contribution in [0.3, 0.4) is 0 Å². The van der Waals surface area contributed by atoms with Gasteiger partial charge in [0, 0.05) is 18.8 Å². The summed E-state index contributed by atoms with van der Waals surface area (Å²) in [5, 5.41) is 0. The molecule has 110 valence electrons. The molecule has 0 aliphatic carbocycles. The van der Waals surface area contributed by atoms with E-state index >= 15 is 0 Å². The fraction of sp³-hybridized carbons (Fsp3) is 0.533. The first-order valence-corrected chi connectivity index (χ1v) is 8.04. The Morgan fingerprint density at radius 3 is 2.75 bits per heavy atom. The van der Waals surface area contributed by atoms with Crippen LogP contribution in [0.1, 0.15) is 24.8 Å². The van der Waals surface area contributed by atoms with Gasteiger partial charge in [-0.2, -0.15) is 0 Å². The zero-order valence-electron chi connectivity index (χ0n) is 11.7. The molecule has 0 bridgehead atoms. The Kier molecular flexibility index (Phi) is 5.71. The van der Waals surface area contributed by atoms with Crippen molar-refractivity contribution in [1.29, 1.82) is 0 Å². The summed E-state index contributed by atoms with van der Waals surface area (Å²) in [6.45, 7) is 1.77. The van der Waals surface area contributed by atoms with Gasteiger partial charge in [-0.1, -0.05) is 6.07 Å². The predicted octanol–water partition coefficient (Wildman–Crippen LogP) is 3.08. The van der Waals surface area contributed by atoms with Gasteiger partial charge in [0.25, 0.3) is 0 Å². The molecule has 3 nitrogen and oxygen atoms in total. The number of benzene rings is 1. The van der Waals surface area contributed by atoms with Gasteiger partial charge in [0.15, 0.2) is 11.6 Å². The second-order valence-corrected chi connectivity index (χ2v) is 5.89. The highest BCUT2D eigenvalue weighted by Crippen LogP contribution is 2.21. The fourth-order valence-corrected chi connectivity index (χ4v) is 3.16. The van der Waals surface area contributed by atoms with E-state index in [1.807, 2.05) is 11.0 Å². The van der Waals surface area contributed by atoms with Gasteiger partial charge in [0.2, 0.25) is 5.91 Å². The summed E-state index contributed by atoms with van der Waals surface area (Å²) >= 11 is 1.53. The molecule has 1 amide bonds. The molecule has 1 aliphatic heterocycles. The molecule has 0 atom stereocenters. The third-order valence-corrected chi connectivity index (χ3v) is 4.41. The van der Waals surface area contributed by atoms with Gasteiger partial charge in [-0.3, -0.25) is 4.79 Å². The molecular formula is C15H20FNO2S. The lowest BCUT2D eigenvalue weighted by molar-refractivity contribution is -0.129. The second kappa shape index (κ2) is 7.53. The van der Waals surface area contributed by atoms with Crippen LogP contribution in [0, 0.1) is 5.82 Å². The molecule has 1 heterocycles. The standard InChI is InChI=1S/C15H20FNO2S/c1-19-14-6-5-12(9-13(14)16)10-20-11-15(18)17-7-3-2-4-8-17/h5-6,9H,2-4,7-8,10-11H2,1H3. The Morgan fingerprint density at radius 1 is 1.35 bits per heavy atom. The normalized spacial score (nSPS) is 15.2. The number of amides is 1. The van der Waals surface area contributed by atoms with Crippen molar-refractivity contribution in [3.8, 4) is 5.75 Å². The maximum atomic E-state index is 13.5. The predicted molar refractivity (Wildman–Crippen MR) is 79.5 cm³/mol. The number of halogens is 1. The average Bonchev–Trinajstić information content (AvgIpc) is 2.48. The van der Waals surface area contributed by atoms with Crippen LogP contribution in [0.15, 0.2) is 18.2 Å². The first kappa shape index (κ1) is 15.2. The molecule has 0 radical (unpaired) electrons. The number of thioether (sulfide) groups is 1. The molecule has 1 aromatic rings. The third kappa shape index (κ3) is 4.13. The molecule has 0 unspecified atom stereocenters. The second-order valence-electron chi connectivity index (χ2n) is 4.90. The summed E-state index contributed by atoms with van der Waals surface area (Å²) < 4.78 is 18.4. The molecule has 1 saturated heterocycles. The van der Waals surface area contributed by atoms with Crippen LogP contribution in [0.4, 0.5) is 4.39 Å². The molecule has 0 N–H and O–H groups in total. The van der Waals surface area contributed by atoms with Crippen LogP contribution in [0.25, 0.3) is 0 Å². The topological polar surface area (TPSA) is 29.5 Å². The Morgan fingerprint density at radius 2 is 2.10 bits per heavy atom. The average molecular weight is 297 g/mol. The van der Waals surface area contributed by atoms with Crippen molar-refractivity contribution in [3.63, 3.8) is 0 Å². The lowest BCUT2D eigenvalue weighted by Gasteiger charge is -2.26. The van der Waals surface area contributed by atoms with Crippen molar-refractivity contribution >= 4 is 17.7 Å². The van der Waals surface area contributed by atoms with E-state index in [4.69, 9.17) is 4.74 Å². The molecule has 0 saturated carbocycles. The zero-order valence-corrected chi connectivity index (χ0v) is 12.5. The number of rotatable bonds is 5. The van der Waals surface area contributed by atoms with Crippen molar-refractivity contribution < 1.29 is 13.9 Å². The fourth-order valence-electron chi connectivity index (χ4n) is 2.29. The van der Waals surface area contributed by atoms with Crippen molar-refractivity contribution in [1.82, 2.24) is 4.90 Å². The molecular weight excluding hydrogens is 277 g/mol. The number of piperidine rings is 1. The summed E-state index contributed by atoms with van der Waals surface area (Å²) in [5.74, 6) is 1.20. The number of hydrogen-bond donors (Lipinski definition) is 0. The van der Waals surface area contributed by atoms with Gasteiger partial charge >= 0.3 is 0 Å². The first-order chi connectivity index (χ1) is 9.70. The van der Waals surface area contributed by atoms with Gasteiger partial charge < -0.3 is 9.64 Å². The number of carbonyl (C=O) groups excluding carboxylic acids is 1. The number of likely N-dealkylation sites (tertiary alicyclic amines) is 1. The molecule has 0 spiro atoms. The summed E-state index contributed by atoms with van der Waals surface area (Å²) in [4.78, 5) is 13.9. The van der Waals surface area contributed by atoms with Gasteiger partial charge in [-0.05, 0) is 37.0 Å². The van der Waals surface area contributed by atoms with E-state index in [1.54, 1.807) is 6.07 Å². The molecule has 1 aromatic carbocycles. The zero-order chi connectivity index (χ0) is 14.4. The number of hydrogen-bond acceptors (Lipinski definition) is 3. The largest absolute Gasteiger partial charge is 0.494 e. The monoisotopic (exact) mass is 297 g/mol. The van der Waals surface area contributed by atoms with E-state index in [0.717, 1.165) is 31.5 Å². The Bertz CT molecular complexity index is 461. The van der Waals surface area contributed by atoms with Crippen LogP contribution in [0.5, 0.6) is 5.75 Å². The molecule has 1 aliphatic rings. The van der Waals surface area contributed by atoms with Crippen molar-refractivity contribution in [2.75, 3.05) is 26.0 Å². The Hall–Kier alpha value is -1.23. The highest BCUT2D eigenvalue weighted by Gasteiger charge is 2.16. The van der Waals surface area contributed by atoms with Gasteiger partial charge in [0.1, 0.15) is 0 Å². The molecule has 5 heteroatoms. The minimum absolute atomic E-state index is 0.198. The van der Waals surface area contributed by atoms with Crippen LogP contribution < -0.4 is 4.74 Å². The number of ether oxygens (including phenoxy) is 1. The minimum atomic E-state index is -0.354. The van der Waals surface area contributed by atoms with Crippen LogP contribution >= 0.6 is 11.8 Å². The van der Waals surface area contributed by atoms with E-state index in [2.05, 4.69) is 0 Å². The summed E-state index contributed by atoms with van der Waals surface area (Å²) in [6.07, 6.45) is 3.45. The minimum Gasteiger partial charge on any atom is -0.494 e. The van der Waals surface area contributed by atoms with Gasteiger partial charge in [-0.25, -0.2) is 4.39 Å². The quantitative estimate of drug-likeness (QED) is 0.836. The van der Waals surface area contributed by atoms with E-state index in [9.17, 15) is 9.18 Å². The SMILES string of the molecule is COc1ccc(CSCC(=O)N2CCCCC2)cc1F. The Labute approximate surface area is 123 Å². The third-order valence-electron chi connectivity index (χ3n) is 3.42. The van der Waals surface area contributed by atoms with Crippen LogP contribution in [0.2, 0.25) is 0 Å². The maximum Gasteiger partial charge on any atom is 0.232 e. The van der Waals surface area contributed by atoms with Crippen molar-refractivity contribution in [2.45, 2.75) is 25.0 Å². The summed E-state index contributed by atoms with van der Waals surface area (Å²) in [7, 11) is 1.45. The number of carbonyl (C=O) groups is 1. The maximum absolute atomic E-state index is 13.5. The summed E-state index contributed by atoms with van der Waals surface area (Å²) in [6, 6.07) is 4.93. The number of nitrogens with zero attached hydrogens (tertiary/aromatic N) is 1. The van der Waals surface area contributed by atoms with E-state index in [1.165, 1.54) is 31.4 Å². The smallest absolute Gasteiger partial charge is 0.232 e. The first-order valence-electron chi connectivity index (χ1n) is 6.88. The van der Waals surface area contributed by atoms with Crippen LogP contribution in [-0.2, 0) is 10.5 Å². The van der Waals surface area contributed by atoms with Crippen molar-refractivity contribution in [3.05, 3.63) is 29.6 Å². The highest BCUT2D eigenvalue weighted by atomic mass is 32.2. The lowest BCUT2D eigenvalue weighted by Crippen LogP contribution is -2.36. The number of methoxy groups -OCH3 is 1. The molecule has 1 fully saturated rings. The molecule has 2 rings (SSSR count). The van der Waals surface area contributed by atoms with Gasteiger partial charge in [0.05, 0.1) is 12.9 Å². The molecule has 20 heavy (non-hydrogen) atoms. The van der Waals surface area contributed by atoms with E-state index in [0.29, 0.717) is 11.5 Å². The van der Waals surface area contributed by atoms with E-state index in [-0.39, 0.29) is 17.5 Å². The summed E-state index contributed by atoms with van der Waals surface area (Å²) in [5.41, 5.74) is 0.875. The molecule has 0 aromatic heterocycles. The van der Waals surface area contributed by atoms with Crippen molar-refractivity contribution in [2.24, 2.45) is 0 Å². The Balaban J connectivity index is 1.77. The lowest BCUT2D eigenvalue weighted by atomic mass is 10.1. The van der Waals surface area contributed by atoms with Gasteiger partial charge in [-0.15, -0.1) is 11.8 Å². The van der Waals surface area contributed by atoms with Crippen LogP contribution in [-0.4, -0.2) is 36.8 Å². The highest BCUT2D eigenvalue weighted by molar-refractivity contribution is 7.99. The van der Waals surface area contributed by atoms with E-state index < -0.39 is 0 Å².